The van der Waals surface area contributed by atoms with Crippen LogP contribution in [-0.4, -0.2) is 69.2 Å². The van der Waals surface area contributed by atoms with Crippen LogP contribution in [0, 0.1) is 5.92 Å². The molecule has 2 fully saturated rings. The van der Waals surface area contributed by atoms with Crippen molar-refractivity contribution in [3.63, 3.8) is 0 Å². The Labute approximate surface area is 123 Å². The topological polar surface area (TPSA) is 52.7 Å². The predicted octanol–water partition coefficient (Wildman–Crippen LogP) is 0.374. The highest BCUT2D eigenvalue weighted by molar-refractivity contribution is 7.88. The maximum Gasteiger partial charge on any atom is 0.211 e. The summed E-state index contributed by atoms with van der Waals surface area (Å²) < 4.78 is 24.8. The molecule has 0 saturated carbocycles. The lowest BCUT2D eigenvalue weighted by molar-refractivity contribution is 0.148. The first-order valence-corrected chi connectivity index (χ1v) is 8.71. The Morgan fingerprint density at radius 2 is 2.00 bits per heavy atom. The number of hydrogen-bond donors (Lipinski definition) is 1. The zero-order valence-corrected chi connectivity index (χ0v) is 13.5. The molecule has 0 aromatic rings. The third-order valence-corrected chi connectivity index (χ3v) is 5.19. The summed E-state index contributed by atoms with van der Waals surface area (Å²) in [6.45, 7) is 7.86. The maximum absolute atomic E-state index is 11.6. The van der Waals surface area contributed by atoms with Gasteiger partial charge < -0.3 is 10.2 Å². The van der Waals surface area contributed by atoms with Crippen molar-refractivity contribution >= 4 is 22.4 Å². The zero-order chi connectivity index (χ0) is 13.2. The molecule has 2 aliphatic rings. The summed E-state index contributed by atoms with van der Waals surface area (Å²) in [6.07, 6.45) is 3.48. The number of piperidine rings is 1. The van der Waals surface area contributed by atoms with Crippen molar-refractivity contribution in [2.24, 2.45) is 5.92 Å². The SMILES string of the molecule is CC1CN(CC2CCCN(S(C)(=O)=O)C2)CCN1.Cl. The van der Waals surface area contributed by atoms with Crippen LogP contribution < -0.4 is 5.32 Å². The maximum atomic E-state index is 11.6. The number of rotatable bonds is 3. The fourth-order valence-corrected chi connectivity index (χ4v) is 3.96. The van der Waals surface area contributed by atoms with Crippen molar-refractivity contribution in [2.45, 2.75) is 25.8 Å². The summed E-state index contributed by atoms with van der Waals surface area (Å²) in [7, 11) is -3.01. The van der Waals surface area contributed by atoms with Crippen molar-refractivity contribution in [2.75, 3.05) is 45.5 Å². The second-order valence-corrected chi connectivity index (χ2v) is 7.73. The Hall–Kier alpha value is 0.120. The van der Waals surface area contributed by atoms with Crippen molar-refractivity contribution in [3.05, 3.63) is 0 Å². The molecule has 1 N–H and O–H groups in total. The van der Waals surface area contributed by atoms with Gasteiger partial charge in [-0.2, -0.15) is 0 Å². The smallest absolute Gasteiger partial charge is 0.211 e. The van der Waals surface area contributed by atoms with Crippen LogP contribution in [0.15, 0.2) is 0 Å². The third kappa shape index (κ3) is 5.19. The highest BCUT2D eigenvalue weighted by Gasteiger charge is 2.28. The average Bonchev–Trinajstić information content (AvgIpc) is 2.28. The molecule has 2 heterocycles. The van der Waals surface area contributed by atoms with E-state index in [2.05, 4.69) is 17.1 Å². The van der Waals surface area contributed by atoms with E-state index >= 15 is 0 Å². The molecule has 0 amide bonds. The van der Waals surface area contributed by atoms with E-state index < -0.39 is 10.0 Å². The largest absolute Gasteiger partial charge is 0.312 e. The van der Waals surface area contributed by atoms with E-state index in [-0.39, 0.29) is 12.4 Å². The molecule has 0 aliphatic carbocycles. The van der Waals surface area contributed by atoms with Gasteiger partial charge in [0.05, 0.1) is 6.26 Å². The van der Waals surface area contributed by atoms with Crippen LogP contribution >= 0.6 is 12.4 Å². The van der Waals surface area contributed by atoms with E-state index in [9.17, 15) is 8.42 Å². The number of nitrogens with zero attached hydrogens (tertiary/aromatic N) is 2. The van der Waals surface area contributed by atoms with Gasteiger partial charge in [0, 0.05) is 45.3 Å². The first-order valence-electron chi connectivity index (χ1n) is 6.86. The molecule has 2 aliphatic heterocycles. The van der Waals surface area contributed by atoms with E-state index in [1.165, 1.54) is 6.26 Å². The quantitative estimate of drug-likeness (QED) is 0.818. The summed E-state index contributed by atoms with van der Waals surface area (Å²) in [5.41, 5.74) is 0. The summed E-state index contributed by atoms with van der Waals surface area (Å²) in [6, 6.07) is 0.549. The van der Waals surface area contributed by atoms with Gasteiger partial charge in [-0.1, -0.05) is 0 Å². The van der Waals surface area contributed by atoms with Crippen LogP contribution in [0.3, 0.4) is 0 Å². The molecule has 5 nitrogen and oxygen atoms in total. The van der Waals surface area contributed by atoms with Crippen molar-refractivity contribution in [1.29, 1.82) is 0 Å². The first-order chi connectivity index (χ1) is 8.45. The van der Waals surface area contributed by atoms with Crippen LogP contribution in [0.2, 0.25) is 0 Å². The second kappa shape index (κ2) is 7.22. The fraction of sp³-hybridized carbons (Fsp3) is 1.00. The van der Waals surface area contributed by atoms with Crippen LogP contribution in [0.25, 0.3) is 0 Å². The van der Waals surface area contributed by atoms with Crippen LogP contribution in [0.4, 0.5) is 0 Å². The van der Waals surface area contributed by atoms with E-state index in [0.717, 1.165) is 39.0 Å². The minimum absolute atomic E-state index is 0. The van der Waals surface area contributed by atoms with Gasteiger partial charge in [0.1, 0.15) is 0 Å². The van der Waals surface area contributed by atoms with E-state index in [1.54, 1.807) is 4.31 Å². The highest BCUT2D eigenvalue weighted by Crippen LogP contribution is 2.20. The lowest BCUT2D eigenvalue weighted by Crippen LogP contribution is -2.52. The Kier molecular flexibility index (Phi) is 6.53. The molecular formula is C12H26ClN3O2S. The molecule has 2 saturated heterocycles. The monoisotopic (exact) mass is 311 g/mol. The van der Waals surface area contributed by atoms with Gasteiger partial charge in [0.15, 0.2) is 0 Å². The Morgan fingerprint density at radius 3 is 2.63 bits per heavy atom. The van der Waals surface area contributed by atoms with Crippen molar-refractivity contribution in [1.82, 2.24) is 14.5 Å². The van der Waals surface area contributed by atoms with E-state index in [4.69, 9.17) is 0 Å². The fourth-order valence-electron chi connectivity index (χ4n) is 3.02. The van der Waals surface area contributed by atoms with Gasteiger partial charge in [-0.15, -0.1) is 12.4 Å². The van der Waals surface area contributed by atoms with Gasteiger partial charge in [0.2, 0.25) is 10.0 Å². The molecule has 2 rings (SSSR count). The highest BCUT2D eigenvalue weighted by atomic mass is 35.5. The molecule has 2 atom stereocenters. The Balaban J connectivity index is 0.00000180. The lowest BCUT2D eigenvalue weighted by atomic mass is 9.98. The number of sulfonamides is 1. The molecule has 2 unspecified atom stereocenters. The lowest BCUT2D eigenvalue weighted by Gasteiger charge is -2.37. The molecule has 7 heteroatoms. The standard InChI is InChI=1S/C12H25N3O2S.ClH/c1-11-8-14(7-5-13-11)9-12-4-3-6-15(10-12)18(2,16)17;/h11-13H,3-10H2,1-2H3;1H. The molecule has 19 heavy (non-hydrogen) atoms. The Morgan fingerprint density at radius 1 is 1.26 bits per heavy atom. The molecule has 114 valence electrons. The summed E-state index contributed by atoms with van der Waals surface area (Å²) in [4.78, 5) is 2.47. The molecular weight excluding hydrogens is 286 g/mol. The molecule has 0 bridgehead atoms. The average molecular weight is 312 g/mol. The molecule has 0 spiro atoms. The van der Waals surface area contributed by atoms with Crippen LogP contribution in [-0.2, 0) is 10.0 Å². The van der Waals surface area contributed by atoms with Crippen molar-refractivity contribution in [3.8, 4) is 0 Å². The molecule has 0 aromatic heterocycles. The normalized spacial score (nSPS) is 30.8. The minimum atomic E-state index is -3.01. The molecule has 0 radical (unpaired) electrons. The van der Waals surface area contributed by atoms with Gasteiger partial charge in [-0.3, -0.25) is 0 Å². The minimum Gasteiger partial charge on any atom is -0.312 e. The summed E-state index contributed by atoms with van der Waals surface area (Å²) in [5.74, 6) is 0.499. The number of piperazine rings is 1. The third-order valence-electron chi connectivity index (χ3n) is 3.92. The molecule has 0 aromatic carbocycles. The van der Waals surface area contributed by atoms with E-state index in [1.807, 2.05) is 0 Å². The zero-order valence-electron chi connectivity index (χ0n) is 11.8. The predicted molar refractivity (Wildman–Crippen MR) is 80.3 cm³/mol. The number of halogens is 1. The van der Waals surface area contributed by atoms with Gasteiger partial charge in [0.25, 0.3) is 0 Å². The van der Waals surface area contributed by atoms with Crippen molar-refractivity contribution < 1.29 is 8.42 Å². The second-order valence-electron chi connectivity index (χ2n) is 5.74. The van der Waals surface area contributed by atoms with Crippen LogP contribution in [0.1, 0.15) is 19.8 Å². The number of hydrogen-bond acceptors (Lipinski definition) is 4. The van der Waals surface area contributed by atoms with Gasteiger partial charge in [-0.25, -0.2) is 12.7 Å². The summed E-state index contributed by atoms with van der Waals surface area (Å²) in [5, 5.41) is 3.43. The Bertz CT molecular complexity index is 377. The van der Waals surface area contributed by atoms with E-state index in [0.29, 0.717) is 25.0 Å². The summed E-state index contributed by atoms with van der Waals surface area (Å²) >= 11 is 0. The van der Waals surface area contributed by atoms with Gasteiger partial charge >= 0.3 is 0 Å². The first kappa shape index (κ1) is 17.2. The van der Waals surface area contributed by atoms with Gasteiger partial charge in [-0.05, 0) is 25.7 Å². The van der Waals surface area contributed by atoms with Crippen LogP contribution in [0.5, 0.6) is 0 Å². The number of nitrogens with one attached hydrogen (secondary N) is 1.